The summed E-state index contributed by atoms with van der Waals surface area (Å²) in [7, 11) is 0. The van der Waals surface area contributed by atoms with E-state index in [0.717, 1.165) is 63.5 Å². The topological polar surface area (TPSA) is 65.1 Å². The monoisotopic (exact) mass is 401 g/mol. The molecule has 1 amide bonds. The average Bonchev–Trinajstić information content (AvgIpc) is 3.28. The lowest BCUT2D eigenvalue weighted by molar-refractivity contribution is -0.158. The Hall–Kier alpha value is -2.24. The smallest absolute Gasteiger partial charge is 0.317 e. The van der Waals surface area contributed by atoms with Crippen LogP contribution in [0.25, 0.3) is 0 Å². The van der Waals surface area contributed by atoms with Gasteiger partial charge in [-0.05, 0) is 56.2 Å². The highest BCUT2D eigenvalue weighted by molar-refractivity contribution is 5.87. The van der Waals surface area contributed by atoms with Crippen LogP contribution in [0.2, 0.25) is 0 Å². The van der Waals surface area contributed by atoms with E-state index in [1.807, 2.05) is 23.1 Å². The van der Waals surface area contributed by atoms with Crippen LogP contribution in [0, 0.1) is 0 Å². The molecule has 0 radical (unpaired) electrons. The Kier molecular flexibility index (Phi) is 5.97. The molecule has 2 heterocycles. The van der Waals surface area contributed by atoms with Gasteiger partial charge in [0.2, 0.25) is 0 Å². The maximum absolute atomic E-state index is 13.2. The van der Waals surface area contributed by atoms with Gasteiger partial charge in [-0.25, -0.2) is 0 Å². The number of hydrogen-bond donors (Lipinski definition) is 0. The molecule has 4 rings (SSSR count). The van der Waals surface area contributed by atoms with Crippen LogP contribution in [0.15, 0.2) is 18.2 Å². The zero-order chi connectivity index (χ0) is 20.3. The third-order valence-electron chi connectivity index (χ3n) is 6.69. The van der Waals surface area contributed by atoms with E-state index in [0.29, 0.717) is 24.7 Å². The standard InChI is InChI=1S/C23H31NO5/c1-2-18-7-3-6-12-24(18)21(25)16-29-22(26)23(10-4-5-11-23)17-8-9-19-20(15-17)28-14-13-27-19/h8-9,15,18H,2-7,10-14,16H2,1H3. The molecule has 6 nitrogen and oxygen atoms in total. The summed E-state index contributed by atoms with van der Waals surface area (Å²) in [6, 6.07) is 6.01. The Morgan fingerprint density at radius 2 is 1.86 bits per heavy atom. The largest absolute Gasteiger partial charge is 0.486 e. The van der Waals surface area contributed by atoms with Crippen molar-refractivity contribution in [2.45, 2.75) is 69.7 Å². The summed E-state index contributed by atoms with van der Waals surface area (Å²) >= 11 is 0. The van der Waals surface area contributed by atoms with Gasteiger partial charge >= 0.3 is 5.97 Å². The number of piperidine rings is 1. The number of amides is 1. The minimum Gasteiger partial charge on any atom is -0.486 e. The first-order valence-electron chi connectivity index (χ1n) is 11.0. The fourth-order valence-electron chi connectivity index (χ4n) is 5.03. The molecule has 0 bridgehead atoms. The summed E-state index contributed by atoms with van der Waals surface area (Å²) < 4.78 is 17.0. The minimum atomic E-state index is -0.692. The average molecular weight is 402 g/mol. The second kappa shape index (κ2) is 8.64. The first kappa shape index (κ1) is 20.0. The van der Waals surface area contributed by atoms with E-state index in [4.69, 9.17) is 14.2 Å². The Morgan fingerprint density at radius 1 is 1.10 bits per heavy atom. The predicted molar refractivity (Wildman–Crippen MR) is 108 cm³/mol. The number of carbonyl (C=O) groups excluding carboxylic acids is 2. The quantitative estimate of drug-likeness (QED) is 0.706. The van der Waals surface area contributed by atoms with Crippen LogP contribution < -0.4 is 9.47 Å². The maximum Gasteiger partial charge on any atom is 0.317 e. The van der Waals surface area contributed by atoms with Gasteiger partial charge in [0, 0.05) is 12.6 Å². The number of esters is 1. The second-order valence-electron chi connectivity index (χ2n) is 8.37. The summed E-state index contributed by atoms with van der Waals surface area (Å²) in [5.41, 5.74) is 0.212. The fourth-order valence-corrected chi connectivity index (χ4v) is 5.03. The number of likely N-dealkylation sites (tertiary alicyclic amines) is 1. The molecule has 1 saturated heterocycles. The highest BCUT2D eigenvalue weighted by Crippen LogP contribution is 2.45. The van der Waals surface area contributed by atoms with Gasteiger partial charge in [-0.3, -0.25) is 9.59 Å². The van der Waals surface area contributed by atoms with Gasteiger partial charge in [0.05, 0.1) is 5.41 Å². The summed E-state index contributed by atoms with van der Waals surface area (Å²) in [6.45, 7) is 3.76. The van der Waals surface area contributed by atoms with Crippen molar-refractivity contribution in [2.24, 2.45) is 0 Å². The molecule has 29 heavy (non-hydrogen) atoms. The summed E-state index contributed by atoms with van der Waals surface area (Å²) in [5, 5.41) is 0. The van der Waals surface area contributed by atoms with Crippen molar-refractivity contribution < 1.29 is 23.8 Å². The van der Waals surface area contributed by atoms with Crippen molar-refractivity contribution in [3.63, 3.8) is 0 Å². The first-order valence-corrected chi connectivity index (χ1v) is 11.0. The van der Waals surface area contributed by atoms with Crippen molar-refractivity contribution in [1.29, 1.82) is 0 Å². The highest BCUT2D eigenvalue weighted by Gasteiger charge is 2.45. The normalized spacial score (nSPS) is 22.9. The van der Waals surface area contributed by atoms with E-state index >= 15 is 0 Å². The molecule has 3 aliphatic rings. The summed E-state index contributed by atoms with van der Waals surface area (Å²) in [5.74, 6) is 1.04. The lowest BCUT2D eigenvalue weighted by Gasteiger charge is -2.35. The predicted octanol–water partition coefficient (Wildman–Crippen LogP) is 3.60. The number of rotatable bonds is 5. The molecule has 1 aliphatic carbocycles. The van der Waals surface area contributed by atoms with Crippen LogP contribution in [0.5, 0.6) is 11.5 Å². The van der Waals surface area contributed by atoms with Gasteiger partial charge in [-0.1, -0.05) is 25.8 Å². The number of nitrogens with zero attached hydrogens (tertiary/aromatic N) is 1. The van der Waals surface area contributed by atoms with Crippen LogP contribution in [-0.2, 0) is 19.7 Å². The molecular weight excluding hydrogens is 370 g/mol. The van der Waals surface area contributed by atoms with E-state index in [1.54, 1.807) is 0 Å². The lowest BCUT2D eigenvalue weighted by Crippen LogP contribution is -2.46. The van der Waals surface area contributed by atoms with Crippen molar-refractivity contribution >= 4 is 11.9 Å². The van der Waals surface area contributed by atoms with E-state index < -0.39 is 5.41 Å². The molecule has 1 unspecified atom stereocenters. The summed E-state index contributed by atoms with van der Waals surface area (Å²) in [6.07, 6.45) is 7.59. The van der Waals surface area contributed by atoms with Crippen molar-refractivity contribution in [2.75, 3.05) is 26.4 Å². The Morgan fingerprint density at radius 3 is 2.62 bits per heavy atom. The van der Waals surface area contributed by atoms with Gasteiger partial charge in [0.1, 0.15) is 13.2 Å². The molecule has 6 heteroatoms. The number of hydrogen-bond acceptors (Lipinski definition) is 5. The molecule has 1 aromatic carbocycles. The number of ether oxygens (including phenoxy) is 3. The van der Waals surface area contributed by atoms with Crippen LogP contribution in [0.3, 0.4) is 0 Å². The van der Waals surface area contributed by atoms with E-state index in [1.165, 1.54) is 0 Å². The zero-order valence-electron chi connectivity index (χ0n) is 17.3. The highest BCUT2D eigenvalue weighted by atomic mass is 16.6. The van der Waals surface area contributed by atoms with Crippen molar-refractivity contribution in [3.8, 4) is 11.5 Å². The van der Waals surface area contributed by atoms with Gasteiger partial charge < -0.3 is 19.1 Å². The van der Waals surface area contributed by atoms with E-state index in [-0.39, 0.29) is 24.5 Å². The number of benzene rings is 1. The third-order valence-corrected chi connectivity index (χ3v) is 6.69. The number of carbonyl (C=O) groups is 2. The molecule has 0 spiro atoms. The second-order valence-corrected chi connectivity index (χ2v) is 8.37. The van der Waals surface area contributed by atoms with Gasteiger partial charge in [-0.2, -0.15) is 0 Å². The molecule has 2 fully saturated rings. The van der Waals surface area contributed by atoms with E-state index in [2.05, 4.69) is 6.92 Å². The van der Waals surface area contributed by atoms with Crippen LogP contribution >= 0.6 is 0 Å². The van der Waals surface area contributed by atoms with Crippen LogP contribution in [-0.4, -0.2) is 49.2 Å². The van der Waals surface area contributed by atoms with Crippen LogP contribution in [0.4, 0.5) is 0 Å². The maximum atomic E-state index is 13.2. The number of fused-ring (bicyclic) bond motifs is 1. The van der Waals surface area contributed by atoms with Crippen LogP contribution in [0.1, 0.15) is 63.9 Å². The van der Waals surface area contributed by atoms with Gasteiger partial charge in [0.25, 0.3) is 5.91 Å². The zero-order valence-corrected chi connectivity index (χ0v) is 17.3. The SMILES string of the molecule is CCC1CCCCN1C(=O)COC(=O)C1(c2ccc3c(c2)OCCO3)CCCC1. The van der Waals surface area contributed by atoms with Gasteiger partial charge in [0.15, 0.2) is 18.1 Å². The fraction of sp³-hybridized carbons (Fsp3) is 0.652. The van der Waals surface area contributed by atoms with Crippen molar-refractivity contribution in [1.82, 2.24) is 4.90 Å². The molecular formula is C23H31NO5. The molecule has 158 valence electrons. The lowest BCUT2D eigenvalue weighted by atomic mass is 9.78. The Bertz CT molecular complexity index is 756. The van der Waals surface area contributed by atoms with Gasteiger partial charge in [-0.15, -0.1) is 0 Å². The van der Waals surface area contributed by atoms with E-state index in [9.17, 15) is 9.59 Å². The Labute approximate surface area is 172 Å². The Balaban J connectivity index is 1.47. The molecule has 0 N–H and O–H groups in total. The molecule has 0 aromatic heterocycles. The molecule has 1 atom stereocenters. The molecule has 2 aliphatic heterocycles. The first-order chi connectivity index (χ1) is 14.1. The molecule has 1 aromatic rings. The third kappa shape index (κ3) is 3.94. The minimum absolute atomic E-state index is 0.0692. The summed E-state index contributed by atoms with van der Waals surface area (Å²) in [4.78, 5) is 27.8. The van der Waals surface area contributed by atoms with Crippen molar-refractivity contribution in [3.05, 3.63) is 23.8 Å². The molecule has 1 saturated carbocycles.